The van der Waals surface area contributed by atoms with Crippen LogP contribution in [0.4, 0.5) is 0 Å². The van der Waals surface area contributed by atoms with Crippen molar-refractivity contribution >= 4 is 0 Å². The van der Waals surface area contributed by atoms with E-state index in [1.165, 1.54) is 11.3 Å². The summed E-state index contributed by atoms with van der Waals surface area (Å²) >= 11 is 0. The van der Waals surface area contributed by atoms with Gasteiger partial charge in [-0.2, -0.15) is 5.10 Å². The van der Waals surface area contributed by atoms with Crippen LogP contribution in [0.15, 0.2) is 36.5 Å². The van der Waals surface area contributed by atoms with Crippen LogP contribution in [-0.2, 0) is 13.5 Å². The molecule has 1 aromatic carbocycles. The van der Waals surface area contributed by atoms with E-state index in [1.807, 2.05) is 30.1 Å². The number of benzene rings is 1. The van der Waals surface area contributed by atoms with E-state index >= 15 is 0 Å². The fraction of sp³-hybridized carbons (Fsp3) is 0.438. The number of nitrogens with zero attached hydrogens (tertiary/aromatic N) is 2. The van der Waals surface area contributed by atoms with Crippen LogP contribution in [-0.4, -0.2) is 23.4 Å². The Bertz CT molecular complexity index is 536. The van der Waals surface area contributed by atoms with Gasteiger partial charge in [0.05, 0.1) is 7.11 Å². The number of nitrogens with one attached hydrogen (secondary N) is 1. The van der Waals surface area contributed by atoms with Gasteiger partial charge >= 0.3 is 0 Å². The van der Waals surface area contributed by atoms with Gasteiger partial charge in [0.2, 0.25) is 0 Å². The van der Waals surface area contributed by atoms with Crippen LogP contribution in [0.2, 0.25) is 0 Å². The molecule has 0 fully saturated rings. The molecule has 20 heavy (non-hydrogen) atoms. The van der Waals surface area contributed by atoms with Crippen molar-refractivity contribution in [2.75, 3.05) is 13.7 Å². The normalized spacial score (nSPS) is 12.3. The van der Waals surface area contributed by atoms with Gasteiger partial charge in [0.25, 0.3) is 0 Å². The lowest BCUT2D eigenvalue weighted by molar-refractivity contribution is 0.412. The van der Waals surface area contributed by atoms with Crippen LogP contribution < -0.4 is 10.1 Å². The predicted octanol–water partition coefficient (Wildman–Crippen LogP) is 2.71. The summed E-state index contributed by atoms with van der Waals surface area (Å²) in [6.45, 7) is 3.09. The molecule has 4 heteroatoms. The summed E-state index contributed by atoms with van der Waals surface area (Å²) in [5, 5.41) is 7.76. The summed E-state index contributed by atoms with van der Waals surface area (Å²) in [7, 11) is 3.69. The Morgan fingerprint density at radius 3 is 2.85 bits per heavy atom. The van der Waals surface area contributed by atoms with Gasteiger partial charge in [-0.3, -0.25) is 4.68 Å². The third-order valence-corrected chi connectivity index (χ3v) is 3.56. The van der Waals surface area contributed by atoms with Gasteiger partial charge in [0.15, 0.2) is 0 Å². The highest BCUT2D eigenvalue weighted by molar-refractivity contribution is 5.30. The number of ether oxygens (including phenoxy) is 1. The van der Waals surface area contributed by atoms with Gasteiger partial charge in [-0.15, -0.1) is 0 Å². The molecule has 2 rings (SSSR count). The Hall–Kier alpha value is -1.81. The molecule has 1 aromatic heterocycles. The average Bonchev–Trinajstić information content (AvgIpc) is 2.89. The lowest BCUT2D eigenvalue weighted by Crippen LogP contribution is -2.21. The zero-order chi connectivity index (χ0) is 14.4. The van der Waals surface area contributed by atoms with Crippen LogP contribution in [0, 0.1) is 0 Å². The Balaban J connectivity index is 2.08. The highest BCUT2D eigenvalue weighted by atomic mass is 16.5. The molecule has 0 bridgehead atoms. The van der Waals surface area contributed by atoms with Crippen LogP contribution in [0.1, 0.15) is 30.6 Å². The number of rotatable bonds is 7. The van der Waals surface area contributed by atoms with Crippen molar-refractivity contribution in [1.82, 2.24) is 15.1 Å². The smallest absolute Gasteiger partial charge is 0.119 e. The van der Waals surface area contributed by atoms with Gasteiger partial charge in [-0.05, 0) is 43.1 Å². The molecule has 108 valence electrons. The average molecular weight is 273 g/mol. The van der Waals surface area contributed by atoms with Gasteiger partial charge in [-0.1, -0.05) is 19.1 Å². The Labute approximate surface area is 120 Å². The minimum atomic E-state index is 0.338. The molecule has 0 amide bonds. The maximum atomic E-state index is 5.31. The van der Waals surface area contributed by atoms with Crippen LogP contribution in [0.3, 0.4) is 0 Å². The Morgan fingerprint density at radius 1 is 1.35 bits per heavy atom. The first kappa shape index (κ1) is 14.6. The molecule has 0 aliphatic heterocycles. The van der Waals surface area contributed by atoms with Crippen molar-refractivity contribution in [2.24, 2.45) is 7.05 Å². The van der Waals surface area contributed by atoms with Crippen molar-refractivity contribution < 1.29 is 4.74 Å². The number of aromatic nitrogens is 2. The first-order chi connectivity index (χ1) is 9.74. The maximum absolute atomic E-state index is 5.31. The van der Waals surface area contributed by atoms with Crippen LogP contribution in [0.25, 0.3) is 0 Å². The van der Waals surface area contributed by atoms with Crippen molar-refractivity contribution in [3.8, 4) is 5.75 Å². The van der Waals surface area contributed by atoms with E-state index in [9.17, 15) is 0 Å². The van der Waals surface area contributed by atoms with E-state index in [2.05, 4.69) is 35.5 Å². The topological polar surface area (TPSA) is 39.1 Å². The summed E-state index contributed by atoms with van der Waals surface area (Å²) in [6.07, 6.45) is 3.90. The summed E-state index contributed by atoms with van der Waals surface area (Å²) in [6, 6.07) is 10.7. The van der Waals surface area contributed by atoms with E-state index in [-0.39, 0.29) is 0 Å². The van der Waals surface area contributed by atoms with Crippen LogP contribution in [0.5, 0.6) is 5.75 Å². The number of aryl methyl sites for hydroxylation is 2. The maximum Gasteiger partial charge on any atom is 0.119 e. The molecule has 0 saturated heterocycles. The van der Waals surface area contributed by atoms with E-state index in [4.69, 9.17) is 4.74 Å². The monoisotopic (exact) mass is 273 g/mol. The molecular weight excluding hydrogens is 250 g/mol. The minimum absolute atomic E-state index is 0.338. The minimum Gasteiger partial charge on any atom is -0.497 e. The number of methoxy groups -OCH3 is 1. The zero-order valence-electron chi connectivity index (χ0n) is 12.5. The molecule has 1 unspecified atom stereocenters. The summed E-state index contributed by atoms with van der Waals surface area (Å²) in [4.78, 5) is 0. The second-order valence-corrected chi connectivity index (χ2v) is 4.87. The molecule has 1 heterocycles. The molecule has 1 N–H and O–H groups in total. The summed E-state index contributed by atoms with van der Waals surface area (Å²) in [5.74, 6) is 0.908. The molecule has 2 aromatic rings. The third-order valence-electron chi connectivity index (χ3n) is 3.56. The van der Waals surface area contributed by atoms with Gasteiger partial charge in [-0.25, -0.2) is 0 Å². The zero-order valence-corrected chi connectivity index (χ0v) is 12.5. The molecule has 4 nitrogen and oxygen atoms in total. The molecule has 0 aliphatic carbocycles. The fourth-order valence-corrected chi connectivity index (χ4v) is 2.43. The molecule has 1 atom stereocenters. The molecular formula is C16H23N3O. The molecule has 0 spiro atoms. The number of hydrogen-bond acceptors (Lipinski definition) is 3. The molecule has 0 saturated carbocycles. The summed E-state index contributed by atoms with van der Waals surface area (Å²) in [5.41, 5.74) is 2.53. The van der Waals surface area contributed by atoms with E-state index in [0.717, 1.165) is 25.1 Å². The second-order valence-electron chi connectivity index (χ2n) is 4.87. The Morgan fingerprint density at radius 2 is 2.20 bits per heavy atom. The van der Waals surface area contributed by atoms with Crippen molar-refractivity contribution in [1.29, 1.82) is 0 Å². The summed E-state index contributed by atoms with van der Waals surface area (Å²) < 4.78 is 7.25. The first-order valence-electron chi connectivity index (χ1n) is 7.08. The molecule has 0 radical (unpaired) electrons. The number of hydrogen-bond donors (Lipinski definition) is 1. The molecule has 0 aliphatic rings. The quantitative estimate of drug-likeness (QED) is 0.843. The van der Waals surface area contributed by atoms with Crippen molar-refractivity contribution in [3.05, 3.63) is 47.8 Å². The van der Waals surface area contributed by atoms with E-state index in [0.29, 0.717) is 6.04 Å². The lowest BCUT2D eigenvalue weighted by atomic mass is 10.0. The predicted molar refractivity (Wildman–Crippen MR) is 80.9 cm³/mol. The lowest BCUT2D eigenvalue weighted by Gasteiger charge is -2.19. The largest absolute Gasteiger partial charge is 0.497 e. The van der Waals surface area contributed by atoms with Gasteiger partial charge in [0, 0.05) is 25.0 Å². The van der Waals surface area contributed by atoms with Crippen molar-refractivity contribution in [3.63, 3.8) is 0 Å². The SMILES string of the molecule is CCNC(CCc1ccnn1C)c1cccc(OC)c1. The van der Waals surface area contributed by atoms with Gasteiger partial charge < -0.3 is 10.1 Å². The van der Waals surface area contributed by atoms with Gasteiger partial charge in [0.1, 0.15) is 5.75 Å². The third kappa shape index (κ3) is 3.61. The Kier molecular flexibility index (Phi) is 5.18. The standard InChI is InChI=1S/C16H23N3O/c1-4-17-16(9-8-14-10-11-18-19(14)2)13-6-5-7-15(12-13)20-3/h5-7,10-12,16-17H,4,8-9H2,1-3H3. The second kappa shape index (κ2) is 7.10. The highest BCUT2D eigenvalue weighted by Crippen LogP contribution is 2.23. The van der Waals surface area contributed by atoms with E-state index in [1.54, 1.807) is 7.11 Å². The fourth-order valence-electron chi connectivity index (χ4n) is 2.43. The van der Waals surface area contributed by atoms with Crippen molar-refractivity contribution in [2.45, 2.75) is 25.8 Å². The van der Waals surface area contributed by atoms with E-state index < -0.39 is 0 Å². The first-order valence-corrected chi connectivity index (χ1v) is 7.08. The van der Waals surface area contributed by atoms with Crippen LogP contribution >= 0.6 is 0 Å². The highest BCUT2D eigenvalue weighted by Gasteiger charge is 2.12.